The van der Waals surface area contributed by atoms with Crippen molar-refractivity contribution in [2.24, 2.45) is 0 Å². The van der Waals surface area contributed by atoms with Crippen LogP contribution in [0.4, 0.5) is 0 Å². The molecule has 0 N–H and O–H groups in total. The third kappa shape index (κ3) is 7.40. The van der Waals surface area contributed by atoms with E-state index in [-0.39, 0.29) is 14.7 Å². The lowest BCUT2D eigenvalue weighted by atomic mass is 10.1. The number of aryl methyl sites for hydroxylation is 3. The molecule has 1 aliphatic rings. The predicted octanol–water partition coefficient (Wildman–Crippen LogP) is 3.24. The lowest BCUT2D eigenvalue weighted by Gasteiger charge is -2.23. The van der Waals surface area contributed by atoms with Crippen LogP contribution in [0.25, 0.3) is 0 Å². The Balaban J connectivity index is 1.66. The maximum Gasteiger partial charge on any atom is 0.297 e. The van der Waals surface area contributed by atoms with E-state index in [0.29, 0.717) is 0 Å². The van der Waals surface area contributed by atoms with Crippen molar-refractivity contribution >= 4 is 30.4 Å². The summed E-state index contributed by atoms with van der Waals surface area (Å²) in [6.45, 7) is 4.61. The van der Waals surface area contributed by atoms with Crippen molar-refractivity contribution in [3.05, 3.63) is 89.5 Å². The number of methoxy groups -OCH3 is 1. The van der Waals surface area contributed by atoms with E-state index >= 15 is 0 Å². The summed E-state index contributed by atoms with van der Waals surface area (Å²) in [4.78, 5) is -0.542. The second-order valence-corrected chi connectivity index (χ2v) is 14.2. The first-order valence-electron chi connectivity index (χ1n) is 12.4. The van der Waals surface area contributed by atoms with Gasteiger partial charge in [0.2, 0.25) is 0 Å². The Morgan fingerprint density at radius 2 is 0.951 bits per heavy atom. The van der Waals surface area contributed by atoms with E-state index < -0.39 is 61.6 Å². The molecule has 1 unspecified atom stereocenters. The molecule has 3 aromatic carbocycles. The summed E-state index contributed by atoms with van der Waals surface area (Å²) < 4.78 is 105. The van der Waals surface area contributed by atoms with E-state index in [4.69, 9.17) is 22.0 Å². The van der Waals surface area contributed by atoms with Gasteiger partial charge in [0.1, 0.15) is 12.2 Å². The van der Waals surface area contributed by atoms with Crippen LogP contribution in [0.3, 0.4) is 0 Å². The highest BCUT2D eigenvalue weighted by Gasteiger charge is 2.52. The quantitative estimate of drug-likeness (QED) is 0.289. The summed E-state index contributed by atoms with van der Waals surface area (Å²) in [5.74, 6) is 0. The van der Waals surface area contributed by atoms with Gasteiger partial charge in [0.25, 0.3) is 30.4 Å². The standard InChI is InChI=1S/C27H30O11S3/c1-18-5-11-21(12-6-18)39(28,29)35-17-24-25(37-40(30,31)22-13-7-19(2)8-14-22)26(27(34-4)36-24)38-41(32,33)23-15-9-20(3)10-16-23/h5-16,24-27H,17H2,1-4H3/t24-,25+,26-,27?/m1/s1. The molecule has 0 bridgehead atoms. The summed E-state index contributed by atoms with van der Waals surface area (Å²) >= 11 is 0. The minimum Gasteiger partial charge on any atom is -0.353 e. The van der Waals surface area contributed by atoms with Crippen molar-refractivity contribution in [2.75, 3.05) is 13.7 Å². The molecule has 0 radical (unpaired) electrons. The highest BCUT2D eigenvalue weighted by atomic mass is 32.2. The Hall–Kier alpha value is -2.69. The third-order valence-electron chi connectivity index (χ3n) is 6.29. The van der Waals surface area contributed by atoms with Crippen molar-refractivity contribution in [1.82, 2.24) is 0 Å². The van der Waals surface area contributed by atoms with Crippen molar-refractivity contribution < 1.29 is 47.3 Å². The van der Waals surface area contributed by atoms with E-state index in [1.54, 1.807) is 57.2 Å². The number of benzene rings is 3. The van der Waals surface area contributed by atoms with Gasteiger partial charge in [-0.2, -0.15) is 25.3 Å². The fourth-order valence-corrected chi connectivity index (χ4v) is 7.08. The summed E-state index contributed by atoms with van der Waals surface area (Å²) in [6, 6.07) is 17.4. The van der Waals surface area contributed by atoms with Gasteiger partial charge in [0, 0.05) is 7.11 Å². The molecular weight excluding hydrogens is 596 g/mol. The predicted molar refractivity (Wildman–Crippen MR) is 146 cm³/mol. The van der Waals surface area contributed by atoms with Gasteiger partial charge < -0.3 is 9.47 Å². The largest absolute Gasteiger partial charge is 0.353 e. The van der Waals surface area contributed by atoms with E-state index in [1.807, 2.05) is 0 Å². The molecule has 1 heterocycles. The van der Waals surface area contributed by atoms with Crippen LogP contribution < -0.4 is 0 Å². The number of hydrogen-bond acceptors (Lipinski definition) is 11. The molecule has 1 saturated heterocycles. The topological polar surface area (TPSA) is 149 Å². The average molecular weight is 627 g/mol. The average Bonchev–Trinajstić information content (AvgIpc) is 3.23. The zero-order chi connectivity index (χ0) is 30.0. The van der Waals surface area contributed by atoms with Gasteiger partial charge in [-0.05, 0) is 57.2 Å². The van der Waals surface area contributed by atoms with Crippen molar-refractivity contribution in [3.63, 3.8) is 0 Å². The number of rotatable bonds is 11. The maximum atomic E-state index is 13.2. The SMILES string of the molecule is COC1O[C@H](COS(=O)(=O)c2ccc(C)cc2)[C@H](OS(=O)(=O)c2ccc(C)cc2)[C@H]1OS(=O)(=O)c1ccc(C)cc1. The van der Waals surface area contributed by atoms with Gasteiger partial charge in [-0.25, -0.2) is 0 Å². The number of hydrogen-bond donors (Lipinski definition) is 0. The minimum atomic E-state index is -4.51. The van der Waals surface area contributed by atoms with E-state index in [0.717, 1.165) is 16.7 Å². The molecule has 0 amide bonds. The van der Waals surface area contributed by atoms with Crippen LogP contribution >= 0.6 is 0 Å². The van der Waals surface area contributed by atoms with Crippen LogP contribution in [-0.2, 0) is 52.4 Å². The Morgan fingerprint density at radius 3 is 1.34 bits per heavy atom. The van der Waals surface area contributed by atoms with Crippen LogP contribution in [0.15, 0.2) is 87.5 Å². The molecule has 0 aliphatic carbocycles. The molecule has 4 rings (SSSR count). The second kappa shape index (κ2) is 12.3. The first-order valence-corrected chi connectivity index (χ1v) is 16.6. The third-order valence-corrected chi connectivity index (χ3v) is 10.2. The lowest BCUT2D eigenvalue weighted by molar-refractivity contribution is -0.146. The van der Waals surface area contributed by atoms with Gasteiger partial charge in [-0.1, -0.05) is 53.1 Å². The summed E-state index contributed by atoms with van der Waals surface area (Å²) in [7, 11) is -12.1. The molecular formula is C27H30O11S3. The smallest absolute Gasteiger partial charge is 0.297 e. The lowest BCUT2D eigenvalue weighted by Crippen LogP contribution is -2.42. The molecule has 0 saturated carbocycles. The Morgan fingerprint density at radius 1 is 0.585 bits per heavy atom. The van der Waals surface area contributed by atoms with Crippen molar-refractivity contribution in [2.45, 2.75) is 60.1 Å². The van der Waals surface area contributed by atoms with Gasteiger partial charge in [0.05, 0.1) is 21.3 Å². The molecule has 222 valence electrons. The van der Waals surface area contributed by atoms with E-state index in [1.165, 1.54) is 43.5 Å². The van der Waals surface area contributed by atoms with Crippen LogP contribution in [0.1, 0.15) is 16.7 Å². The monoisotopic (exact) mass is 626 g/mol. The Bertz CT molecular complexity index is 1670. The highest BCUT2D eigenvalue weighted by Crippen LogP contribution is 2.33. The Labute approximate surface area is 240 Å². The molecule has 11 nitrogen and oxygen atoms in total. The first kappa shape index (κ1) is 31.3. The molecule has 1 fully saturated rings. The van der Waals surface area contributed by atoms with Gasteiger partial charge >= 0.3 is 0 Å². The molecule has 1 aliphatic heterocycles. The van der Waals surface area contributed by atoms with Crippen LogP contribution in [0.5, 0.6) is 0 Å². The highest BCUT2D eigenvalue weighted by molar-refractivity contribution is 7.87. The molecule has 0 spiro atoms. The van der Waals surface area contributed by atoms with Crippen LogP contribution in [0.2, 0.25) is 0 Å². The first-order chi connectivity index (χ1) is 19.2. The molecule has 4 atom stereocenters. The number of ether oxygens (including phenoxy) is 2. The fourth-order valence-electron chi connectivity index (χ4n) is 3.98. The van der Waals surface area contributed by atoms with E-state index in [2.05, 4.69) is 0 Å². The zero-order valence-corrected chi connectivity index (χ0v) is 25.1. The Kier molecular flexibility index (Phi) is 9.35. The van der Waals surface area contributed by atoms with E-state index in [9.17, 15) is 25.3 Å². The van der Waals surface area contributed by atoms with Gasteiger partial charge in [-0.3, -0.25) is 12.5 Å². The normalized spacial score (nSPS) is 21.7. The minimum absolute atomic E-state index is 0.135. The van der Waals surface area contributed by atoms with Gasteiger partial charge in [-0.15, -0.1) is 0 Å². The molecule has 3 aromatic rings. The van der Waals surface area contributed by atoms with Crippen molar-refractivity contribution in [3.8, 4) is 0 Å². The summed E-state index contributed by atoms with van der Waals surface area (Å²) in [5, 5.41) is 0. The molecule has 14 heteroatoms. The fraction of sp³-hybridized carbons (Fsp3) is 0.333. The van der Waals surface area contributed by atoms with Gasteiger partial charge in [0.15, 0.2) is 12.4 Å². The molecule has 41 heavy (non-hydrogen) atoms. The summed E-state index contributed by atoms with van der Waals surface area (Å²) in [5.41, 5.74) is 2.43. The second-order valence-electron chi connectivity index (χ2n) is 9.49. The molecule has 0 aromatic heterocycles. The summed E-state index contributed by atoms with van der Waals surface area (Å²) in [6.07, 6.45) is -6.22. The zero-order valence-electron chi connectivity index (χ0n) is 22.7. The van der Waals surface area contributed by atoms with Crippen molar-refractivity contribution in [1.29, 1.82) is 0 Å². The van der Waals surface area contributed by atoms with Crippen LogP contribution in [0, 0.1) is 20.8 Å². The van der Waals surface area contributed by atoms with Crippen LogP contribution in [-0.4, -0.2) is 63.6 Å². The maximum absolute atomic E-state index is 13.2.